The zero-order valence-electron chi connectivity index (χ0n) is 11.6. The molecule has 0 aliphatic carbocycles. The van der Waals surface area contributed by atoms with Gasteiger partial charge in [0.05, 0.1) is 20.8 Å². The predicted molar refractivity (Wildman–Crippen MR) is 80.4 cm³/mol. The van der Waals surface area contributed by atoms with Crippen molar-refractivity contribution >= 4 is 21.9 Å². The van der Waals surface area contributed by atoms with Crippen LogP contribution in [0, 0.1) is 0 Å². The summed E-state index contributed by atoms with van der Waals surface area (Å²) >= 11 is 3.46. The minimum absolute atomic E-state index is 0.0488. The molecule has 1 N–H and O–H groups in total. The summed E-state index contributed by atoms with van der Waals surface area (Å²) < 4.78 is 11.3. The van der Waals surface area contributed by atoms with Crippen molar-refractivity contribution in [1.29, 1.82) is 0 Å². The summed E-state index contributed by atoms with van der Waals surface area (Å²) in [7, 11) is 3.13. The van der Waals surface area contributed by atoms with Gasteiger partial charge in [0, 0.05) is 17.6 Å². The Kier molecular flexibility index (Phi) is 6.54. The molecule has 0 heterocycles. The summed E-state index contributed by atoms with van der Waals surface area (Å²) in [6.45, 7) is 4.56. The highest BCUT2D eigenvalue weighted by Crippen LogP contribution is 2.33. The summed E-state index contributed by atoms with van der Waals surface area (Å²) in [6, 6.07) is 3.64. The zero-order chi connectivity index (χ0) is 15.1. The summed E-state index contributed by atoms with van der Waals surface area (Å²) in [6.07, 6.45) is 1.68. The van der Waals surface area contributed by atoms with Crippen molar-refractivity contribution < 1.29 is 19.4 Å². The standard InChI is InChI=1S/C14H18BrNO4/c1-4-5-16(9-14(17)18)8-10-6-12(19-2)13(20-3)7-11(10)15/h4,6-7H,1,5,8-9H2,2-3H3,(H,17,18). The fourth-order valence-electron chi connectivity index (χ4n) is 1.82. The van der Waals surface area contributed by atoms with Crippen LogP contribution in [0.15, 0.2) is 29.3 Å². The Labute approximate surface area is 126 Å². The van der Waals surface area contributed by atoms with E-state index < -0.39 is 5.97 Å². The lowest BCUT2D eigenvalue weighted by atomic mass is 10.2. The van der Waals surface area contributed by atoms with Crippen LogP contribution < -0.4 is 9.47 Å². The molecule has 1 rings (SSSR count). The summed E-state index contributed by atoms with van der Waals surface area (Å²) in [5, 5.41) is 8.91. The normalized spacial score (nSPS) is 10.4. The number of rotatable bonds is 8. The molecule has 6 heteroatoms. The number of methoxy groups -OCH3 is 2. The van der Waals surface area contributed by atoms with E-state index >= 15 is 0 Å². The third-order valence-electron chi connectivity index (χ3n) is 2.69. The van der Waals surface area contributed by atoms with Crippen molar-refractivity contribution in [2.45, 2.75) is 6.54 Å². The van der Waals surface area contributed by atoms with E-state index in [1.807, 2.05) is 6.07 Å². The molecule has 5 nitrogen and oxygen atoms in total. The number of carbonyl (C=O) groups is 1. The maximum absolute atomic E-state index is 10.9. The van der Waals surface area contributed by atoms with Crippen LogP contribution in [0.25, 0.3) is 0 Å². The molecule has 110 valence electrons. The summed E-state index contributed by atoms with van der Waals surface area (Å²) in [4.78, 5) is 12.6. The number of halogens is 1. The van der Waals surface area contributed by atoms with Crippen LogP contribution >= 0.6 is 15.9 Å². The molecule has 1 aromatic carbocycles. The van der Waals surface area contributed by atoms with Gasteiger partial charge in [0.15, 0.2) is 11.5 Å². The molecule has 0 fully saturated rings. The molecule has 0 amide bonds. The van der Waals surface area contributed by atoms with E-state index in [4.69, 9.17) is 14.6 Å². The largest absolute Gasteiger partial charge is 0.493 e. The van der Waals surface area contributed by atoms with Gasteiger partial charge >= 0.3 is 5.97 Å². The number of nitrogens with zero attached hydrogens (tertiary/aromatic N) is 1. The van der Waals surface area contributed by atoms with Crippen molar-refractivity contribution in [2.24, 2.45) is 0 Å². The highest BCUT2D eigenvalue weighted by molar-refractivity contribution is 9.10. The first-order valence-electron chi connectivity index (χ1n) is 5.97. The number of hydrogen-bond acceptors (Lipinski definition) is 4. The Morgan fingerprint density at radius 1 is 1.40 bits per heavy atom. The zero-order valence-corrected chi connectivity index (χ0v) is 13.1. The molecule has 20 heavy (non-hydrogen) atoms. The number of carboxylic acid groups (broad SMARTS) is 1. The molecule has 0 unspecified atom stereocenters. The Morgan fingerprint density at radius 2 is 2.00 bits per heavy atom. The van der Waals surface area contributed by atoms with Gasteiger partial charge in [0.25, 0.3) is 0 Å². The van der Waals surface area contributed by atoms with E-state index in [1.54, 1.807) is 31.3 Å². The molecular weight excluding hydrogens is 326 g/mol. The molecule has 0 saturated carbocycles. The van der Waals surface area contributed by atoms with Gasteiger partial charge in [-0.1, -0.05) is 22.0 Å². The molecule has 0 atom stereocenters. The minimum atomic E-state index is -0.872. The van der Waals surface area contributed by atoms with Gasteiger partial charge in [-0.25, -0.2) is 0 Å². The second-order valence-electron chi connectivity index (χ2n) is 4.15. The molecule has 0 saturated heterocycles. The van der Waals surface area contributed by atoms with Crippen LogP contribution in [0.3, 0.4) is 0 Å². The van der Waals surface area contributed by atoms with Gasteiger partial charge in [0.1, 0.15) is 0 Å². The van der Waals surface area contributed by atoms with E-state index in [0.717, 1.165) is 10.0 Å². The van der Waals surface area contributed by atoms with Crippen molar-refractivity contribution in [3.05, 3.63) is 34.8 Å². The Bertz CT molecular complexity index is 490. The third-order valence-corrected chi connectivity index (χ3v) is 3.43. The number of aliphatic carboxylic acids is 1. The second-order valence-corrected chi connectivity index (χ2v) is 5.00. The van der Waals surface area contributed by atoms with Gasteiger partial charge in [-0.2, -0.15) is 0 Å². The average Bonchev–Trinajstić information content (AvgIpc) is 2.40. The second kappa shape index (κ2) is 7.91. The van der Waals surface area contributed by atoms with Gasteiger partial charge in [-0.05, 0) is 17.7 Å². The van der Waals surface area contributed by atoms with E-state index in [2.05, 4.69) is 22.5 Å². The molecule has 0 radical (unpaired) electrons. The first-order chi connectivity index (χ1) is 9.51. The molecule has 0 bridgehead atoms. The maximum atomic E-state index is 10.9. The molecular formula is C14H18BrNO4. The molecule has 0 spiro atoms. The highest BCUT2D eigenvalue weighted by Gasteiger charge is 2.14. The van der Waals surface area contributed by atoms with Crippen LogP contribution in [0.4, 0.5) is 0 Å². The first kappa shape index (κ1) is 16.5. The van der Waals surface area contributed by atoms with E-state index in [1.165, 1.54) is 0 Å². The molecule has 0 aliphatic rings. The minimum Gasteiger partial charge on any atom is -0.493 e. The van der Waals surface area contributed by atoms with Gasteiger partial charge in [0.2, 0.25) is 0 Å². The van der Waals surface area contributed by atoms with Crippen molar-refractivity contribution in [3.8, 4) is 11.5 Å². The van der Waals surface area contributed by atoms with Crippen molar-refractivity contribution in [3.63, 3.8) is 0 Å². The van der Waals surface area contributed by atoms with E-state index in [9.17, 15) is 4.79 Å². The molecule has 0 aliphatic heterocycles. The summed E-state index contributed by atoms with van der Waals surface area (Å²) in [5.74, 6) is 0.361. The number of ether oxygens (including phenoxy) is 2. The molecule has 1 aromatic rings. The fourth-order valence-corrected chi connectivity index (χ4v) is 2.26. The number of hydrogen-bond donors (Lipinski definition) is 1. The van der Waals surface area contributed by atoms with Gasteiger partial charge in [-0.3, -0.25) is 9.69 Å². The quantitative estimate of drug-likeness (QED) is 0.735. The van der Waals surface area contributed by atoms with Crippen LogP contribution in [0.5, 0.6) is 11.5 Å². The van der Waals surface area contributed by atoms with E-state index in [-0.39, 0.29) is 6.54 Å². The Morgan fingerprint density at radius 3 is 2.50 bits per heavy atom. The average molecular weight is 344 g/mol. The number of benzene rings is 1. The fraction of sp³-hybridized carbons (Fsp3) is 0.357. The Balaban J connectivity index is 2.99. The third kappa shape index (κ3) is 4.54. The topological polar surface area (TPSA) is 59.0 Å². The van der Waals surface area contributed by atoms with Crippen LogP contribution in [-0.4, -0.2) is 43.3 Å². The van der Waals surface area contributed by atoms with E-state index in [0.29, 0.717) is 24.6 Å². The van der Waals surface area contributed by atoms with Crippen LogP contribution in [-0.2, 0) is 11.3 Å². The van der Waals surface area contributed by atoms with Crippen LogP contribution in [0.2, 0.25) is 0 Å². The summed E-state index contributed by atoms with van der Waals surface area (Å²) in [5.41, 5.74) is 0.922. The predicted octanol–water partition coefficient (Wildman–Crippen LogP) is 2.54. The SMILES string of the molecule is C=CCN(CC(=O)O)Cc1cc(OC)c(OC)cc1Br. The molecule has 0 aromatic heterocycles. The van der Waals surface area contributed by atoms with Crippen LogP contribution in [0.1, 0.15) is 5.56 Å². The first-order valence-corrected chi connectivity index (χ1v) is 6.76. The van der Waals surface area contributed by atoms with Crippen molar-refractivity contribution in [2.75, 3.05) is 27.3 Å². The van der Waals surface area contributed by atoms with Gasteiger partial charge in [-0.15, -0.1) is 6.58 Å². The lowest BCUT2D eigenvalue weighted by Gasteiger charge is -2.20. The smallest absolute Gasteiger partial charge is 0.317 e. The maximum Gasteiger partial charge on any atom is 0.317 e. The van der Waals surface area contributed by atoms with Gasteiger partial charge < -0.3 is 14.6 Å². The number of carboxylic acids is 1. The lowest BCUT2D eigenvalue weighted by Crippen LogP contribution is -2.29. The highest BCUT2D eigenvalue weighted by atomic mass is 79.9. The lowest BCUT2D eigenvalue weighted by molar-refractivity contribution is -0.138. The van der Waals surface area contributed by atoms with Crippen molar-refractivity contribution in [1.82, 2.24) is 4.90 Å². The monoisotopic (exact) mass is 343 g/mol. The Hall–Kier alpha value is -1.53.